The van der Waals surface area contributed by atoms with Crippen LogP contribution in [0.15, 0.2) is 0 Å². The van der Waals surface area contributed by atoms with Crippen molar-refractivity contribution in [3.8, 4) is 0 Å². The highest BCUT2D eigenvalue weighted by Crippen LogP contribution is 2.33. The number of hydrogen-bond acceptors (Lipinski definition) is 3. The molecule has 0 aromatic carbocycles. The van der Waals surface area contributed by atoms with Gasteiger partial charge in [0.1, 0.15) is 0 Å². The van der Waals surface area contributed by atoms with Gasteiger partial charge in [0.25, 0.3) is 0 Å². The number of carbonyl (C=O) groups is 1. The first-order valence-corrected chi connectivity index (χ1v) is 7.89. The SMILES string of the molecule is CN1CCCC2CN(C(=O)C3(N)CCCC3)CCC21.Cl. The van der Waals surface area contributed by atoms with Gasteiger partial charge in [-0.2, -0.15) is 0 Å². The Morgan fingerprint density at radius 2 is 1.85 bits per heavy atom. The Balaban J connectivity index is 0.00000147. The second kappa shape index (κ2) is 6.20. The molecule has 2 aliphatic heterocycles. The van der Waals surface area contributed by atoms with Crippen LogP contribution in [0.1, 0.15) is 44.9 Å². The maximum atomic E-state index is 12.7. The molecule has 2 unspecified atom stereocenters. The van der Waals surface area contributed by atoms with Crippen molar-refractivity contribution in [1.82, 2.24) is 9.80 Å². The number of nitrogens with two attached hydrogens (primary N) is 1. The molecule has 0 aromatic heterocycles. The summed E-state index contributed by atoms with van der Waals surface area (Å²) in [6.07, 6.45) is 7.68. The Morgan fingerprint density at radius 3 is 2.55 bits per heavy atom. The van der Waals surface area contributed by atoms with Gasteiger partial charge in [0.05, 0.1) is 5.54 Å². The van der Waals surface area contributed by atoms with Crippen LogP contribution in [-0.2, 0) is 4.79 Å². The van der Waals surface area contributed by atoms with Crippen LogP contribution < -0.4 is 5.73 Å². The zero-order valence-electron chi connectivity index (χ0n) is 12.5. The molecule has 3 aliphatic rings. The summed E-state index contributed by atoms with van der Waals surface area (Å²) in [5.41, 5.74) is 5.79. The Labute approximate surface area is 128 Å². The summed E-state index contributed by atoms with van der Waals surface area (Å²) in [4.78, 5) is 17.2. The number of amides is 1. The van der Waals surface area contributed by atoms with E-state index in [1.54, 1.807) is 0 Å². The molecule has 5 heteroatoms. The summed E-state index contributed by atoms with van der Waals surface area (Å²) in [6.45, 7) is 3.06. The van der Waals surface area contributed by atoms with Gasteiger partial charge in [-0.1, -0.05) is 12.8 Å². The van der Waals surface area contributed by atoms with Crippen LogP contribution in [0.3, 0.4) is 0 Å². The molecule has 116 valence electrons. The normalized spacial score (nSPS) is 33.4. The fourth-order valence-electron chi connectivity index (χ4n) is 4.37. The largest absolute Gasteiger partial charge is 0.341 e. The van der Waals surface area contributed by atoms with E-state index in [1.807, 2.05) is 0 Å². The van der Waals surface area contributed by atoms with E-state index in [0.717, 1.165) is 45.2 Å². The molecule has 20 heavy (non-hydrogen) atoms. The molecule has 0 aromatic rings. The van der Waals surface area contributed by atoms with Crippen LogP contribution >= 0.6 is 12.4 Å². The standard InChI is InChI=1S/C15H27N3O.ClH/c1-17-9-4-5-12-11-18(10-6-13(12)17)14(19)15(16)7-2-3-8-15;/h12-13H,2-11,16H2,1H3;1H. The first-order chi connectivity index (χ1) is 9.10. The minimum absolute atomic E-state index is 0. The van der Waals surface area contributed by atoms with Crippen molar-refractivity contribution in [3.05, 3.63) is 0 Å². The van der Waals surface area contributed by atoms with Crippen LogP contribution in [-0.4, -0.2) is 54.0 Å². The Kier molecular flexibility index (Phi) is 4.98. The van der Waals surface area contributed by atoms with E-state index in [-0.39, 0.29) is 18.3 Å². The molecule has 4 nitrogen and oxygen atoms in total. The lowest BCUT2D eigenvalue weighted by molar-refractivity contribution is -0.140. The van der Waals surface area contributed by atoms with Gasteiger partial charge < -0.3 is 15.5 Å². The van der Waals surface area contributed by atoms with Crippen LogP contribution in [0, 0.1) is 5.92 Å². The highest BCUT2D eigenvalue weighted by molar-refractivity contribution is 5.86. The van der Waals surface area contributed by atoms with Crippen molar-refractivity contribution >= 4 is 18.3 Å². The second-order valence-corrected chi connectivity index (χ2v) is 6.85. The predicted octanol–water partition coefficient (Wildman–Crippen LogP) is 1.62. The van der Waals surface area contributed by atoms with Gasteiger partial charge in [0.15, 0.2) is 0 Å². The van der Waals surface area contributed by atoms with Crippen molar-refractivity contribution in [1.29, 1.82) is 0 Å². The number of halogens is 1. The topological polar surface area (TPSA) is 49.6 Å². The van der Waals surface area contributed by atoms with E-state index < -0.39 is 5.54 Å². The number of nitrogens with zero attached hydrogens (tertiary/aromatic N) is 2. The number of fused-ring (bicyclic) bond motifs is 1. The summed E-state index contributed by atoms with van der Waals surface area (Å²) in [6, 6.07) is 0.690. The van der Waals surface area contributed by atoms with Crippen LogP contribution in [0.25, 0.3) is 0 Å². The zero-order chi connectivity index (χ0) is 13.5. The summed E-state index contributed by atoms with van der Waals surface area (Å²) >= 11 is 0. The third-order valence-corrected chi connectivity index (χ3v) is 5.55. The van der Waals surface area contributed by atoms with Gasteiger partial charge in [-0.3, -0.25) is 4.79 Å². The maximum Gasteiger partial charge on any atom is 0.242 e. The summed E-state index contributed by atoms with van der Waals surface area (Å²) in [5.74, 6) is 0.901. The fourth-order valence-corrected chi connectivity index (χ4v) is 4.37. The molecule has 2 atom stereocenters. The van der Waals surface area contributed by atoms with Crippen molar-refractivity contribution in [2.45, 2.75) is 56.5 Å². The fraction of sp³-hybridized carbons (Fsp3) is 0.933. The Hall–Kier alpha value is -0.320. The lowest BCUT2D eigenvalue weighted by atomic mass is 9.83. The zero-order valence-corrected chi connectivity index (χ0v) is 13.3. The van der Waals surface area contributed by atoms with Crippen molar-refractivity contribution in [3.63, 3.8) is 0 Å². The number of carbonyl (C=O) groups excluding carboxylic acids is 1. The van der Waals surface area contributed by atoms with Crippen molar-refractivity contribution < 1.29 is 4.79 Å². The van der Waals surface area contributed by atoms with Gasteiger partial charge in [0.2, 0.25) is 5.91 Å². The van der Waals surface area contributed by atoms with Crippen molar-refractivity contribution in [2.75, 3.05) is 26.7 Å². The van der Waals surface area contributed by atoms with Crippen LogP contribution in [0.5, 0.6) is 0 Å². The van der Waals surface area contributed by atoms with Gasteiger partial charge >= 0.3 is 0 Å². The molecule has 3 rings (SSSR count). The molecular formula is C15H28ClN3O. The number of hydrogen-bond donors (Lipinski definition) is 1. The van der Waals surface area contributed by atoms with E-state index >= 15 is 0 Å². The summed E-state index contributed by atoms with van der Waals surface area (Å²) in [7, 11) is 2.23. The third-order valence-electron chi connectivity index (χ3n) is 5.55. The molecule has 1 amide bonds. The Bertz CT molecular complexity index is 357. The first kappa shape index (κ1) is 16.1. The van der Waals surface area contributed by atoms with Gasteiger partial charge in [-0.05, 0) is 51.6 Å². The summed E-state index contributed by atoms with van der Waals surface area (Å²) in [5, 5.41) is 0. The average molecular weight is 302 g/mol. The lowest BCUT2D eigenvalue weighted by Gasteiger charge is -2.47. The molecule has 2 saturated heterocycles. The van der Waals surface area contributed by atoms with Gasteiger partial charge in [-0.25, -0.2) is 0 Å². The molecule has 2 heterocycles. The van der Waals surface area contributed by atoms with Gasteiger partial charge in [-0.15, -0.1) is 12.4 Å². The number of rotatable bonds is 1. The first-order valence-electron chi connectivity index (χ1n) is 7.89. The molecule has 0 bridgehead atoms. The van der Waals surface area contributed by atoms with E-state index in [1.165, 1.54) is 19.4 Å². The number of likely N-dealkylation sites (tertiary alicyclic amines) is 2. The van der Waals surface area contributed by atoms with E-state index in [2.05, 4.69) is 16.8 Å². The molecule has 1 aliphatic carbocycles. The minimum atomic E-state index is -0.534. The monoisotopic (exact) mass is 301 g/mol. The second-order valence-electron chi connectivity index (χ2n) is 6.85. The molecule has 3 fully saturated rings. The molecule has 0 radical (unpaired) electrons. The van der Waals surface area contributed by atoms with Crippen LogP contribution in [0.2, 0.25) is 0 Å². The molecule has 1 saturated carbocycles. The minimum Gasteiger partial charge on any atom is -0.341 e. The molecule has 2 N–H and O–H groups in total. The summed E-state index contributed by atoms with van der Waals surface area (Å²) < 4.78 is 0. The smallest absolute Gasteiger partial charge is 0.242 e. The number of piperidine rings is 2. The van der Waals surface area contributed by atoms with Gasteiger partial charge in [0, 0.05) is 19.1 Å². The van der Waals surface area contributed by atoms with E-state index in [9.17, 15) is 4.79 Å². The Morgan fingerprint density at radius 1 is 1.15 bits per heavy atom. The average Bonchev–Trinajstić information content (AvgIpc) is 2.86. The molecule has 0 spiro atoms. The lowest BCUT2D eigenvalue weighted by Crippen LogP contribution is -2.60. The third kappa shape index (κ3) is 2.83. The predicted molar refractivity (Wildman–Crippen MR) is 83.0 cm³/mol. The van der Waals surface area contributed by atoms with E-state index in [4.69, 9.17) is 5.73 Å². The van der Waals surface area contributed by atoms with Crippen LogP contribution in [0.4, 0.5) is 0 Å². The van der Waals surface area contributed by atoms with E-state index in [0.29, 0.717) is 12.0 Å². The maximum absolute atomic E-state index is 12.7. The quantitative estimate of drug-likeness (QED) is 0.801. The highest BCUT2D eigenvalue weighted by atomic mass is 35.5. The van der Waals surface area contributed by atoms with Crippen molar-refractivity contribution in [2.24, 2.45) is 11.7 Å². The highest BCUT2D eigenvalue weighted by Gasteiger charge is 2.43. The molecular weight excluding hydrogens is 274 g/mol.